The van der Waals surface area contributed by atoms with E-state index in [2.05, 4.69) is 41.4 Å². The average molecular weight is 345 g/mol. The van der Waals surface area contributed by atoms with Gasteiger partial charge in [0, 0.05) is 35.8 Å². The van der Waals surface area contributed by atoms with Gasteiger partial charge in [-0.25, -0.2) is 0 Å². The molecule has 0 bridgehead atoms. The number of amides is 1. The molecule has 1 fully saturated rings. The van der Waals surface area contributed by atoms with E-state index in [4.69, 9.17) is 0 Å². The maximum atomic E-state index is 12.8. The second kappa shape index (κ2) is 7.16. The van der Waals surface area contributed by atoms with Gasteiger partial charge in [0.2, 0.25) is 0 Å². The van der Waals surface area contributed by atoms with Crippen LogP contribution in [0.15, 0.2) is 60.8 Å². The summed E-state index contributed by atoms with van der Waals surface area (Å²) in [6.07, 6.45) is 3.98. The SMILES string of the molecule is Cc1ccc(-c2cn[nH]c2[C@H]2CCCN(C(=O)c3ccccc3)C2)cc1. The highest BCUT2D eigenvalue weighted by atomic mass is 16.2. The monoisotopic (exact) mass is 345 g/mol. The van der Waals surface area contributed by atoms with Gasteiger partial charge in [-0.3, -0.25) is 9.89 Å². The smallest absolute Gasteiger partial charge is 0.253 e. The van der Waals surface area contributed by atoms with Crippen LogP contribution in [0.25, 0.3) is 11.1 Å². The van der Waals surface area contributed by atoms with Crippen molar-refractivity contribution in [1.82, 2.24) is 15.1 Å². The van der Waals surface area contributed by atoms with Gasteiger partial charge in [0.15, 0.2) is 0 Å². The maximum Gasteiger partial charge on any atom is 0.253 e. The van der Waals surface area contributed by atoms with Crippen LogP contribution in [0.4, 0.5) is 0 Å². The summed E-state index contributed by atoms with van der Waals surface area (Å²) in [4.78, 5) is 14.8. The number of nitrogens with zero attached hydrogens (tertiary/aromatic N) is 2. The Morgan fingerprint density at radius 2 is 1.88 bits per heavy atom. The Balaban J connectivity index is 1.57. The first kappa shape index (κ1) is 16.6. The van der Waals surface area contributed by atoms with Crippen LogP contribution in [0, 0.1) is 6.92 Å². The lowest BCUT2D eigenvalue weighted by Crippen LogP contribution is -2.39. The van der Waals surface area contributed by atoms with Crippen molar-refractivity contribution in [2.45, 2.75) is 25.7 Å². The molecule has 4 heteroatoms. The second-order valence-electron chi connectivity index (χ2n) is 7.02. The molecule has 1 saturated heterocycles. The molecule has 1 aliphatic rings. The van der Waals surface area contributed by atoms with E-state index in [1.807, 2.05) is 41.4 Å². The van der Waals surface area contributed by atoms with E-state index in [0.717, 1.165) is 42.8 Å². The lowest BCUT2D eigenvalue weighted by atomic mass is 9.90. The van der Waals surface area contributed by atoms with Crippen molar-refractivity contribution >= 4 is 5.91 Å². The van der Waals surface area contributed by atoms with Crippen molar-refractivity contribution < 1.29 is 4.79 Å². The minimum absolute atomic E-state index is 0.117. The molecule has 1 amide bonds. The summed E-state index contributed by atoms with van der Waals surface area (Å²) in [5, 5.41) is 7.50. The molecule has 4 rings (SSSR count). The number of likely N-dealkylation sites (tertiary alicyclic amines) is 1. The molecule has 0 saturated carbocycles. The van der Waals surface area contributed by atoms with E-state index >= 15 is 0 Å². The average Bonchev–Trinajstić information content (AvgIpc) is 3.19. The number of nitrogens with one attached hydrogen (secondary N) is 1. The van der Waals surface area contributed by atoms with Crippen molar-refractivity contribution in [2.24, 2.45) is 0 Å². The van der Waals surface area contributed by atoms with Gasteiger partial charge >= 0.3 is 0 Å². The molecular formula is C22H23N3O. The topological polar surface area (TPSA) is 49.0 Å². The van der Waals surface area contributed by atoms with Gasteiger partial charge < -0.3 is 4.90 Å². The maximum absolute atomic E-state index is 12.8. The van der Waals surface area contributed by atoms with Crippen LogP contribution < -0.4 is 0 Å². The minimum atomic E-state index is 0.117. The van der Waals surface area contributed by atoms with Crippen molar-refractivity contribution in [1.29, 1.82) is 0 Å². The number of piperidine rings is 1. The first-order valence-corrected chi connectivity index (χ1v) is 9.17. The molecule has 0 unspecified atom stereocenters. The van der Waals surface area contributed by atoms with E-state index in [1.54, 1.807) is 0 Å². The van der Waals surface area contributed by atoms with Crippen LogP contribution in [-0.4, -0.2) is 34.1 Å². The number of rotatable bonds is 3. The number of carbonyl (C=O) groups excluding carboxylic acids is 1. The lowest BCUT2D eigenvalue weighted by molar-refractivity contribution is 0.0706. The Bertz CT molecular complexity index is 883. The Morgan fingerprint density at radius 1 is 1.12 bits per heavy atom. The first-order chi connectivity index (χ1) is 12.7. The fraction of sp³-hybridized carbons (Fsp3) is 0.273. The highest BCUT2D eigenvalue weighted by molar-refractivity contribution is 5.94. The number of aromatic nitrogens is 2. The fourth-order valence-corrected chi connectivity index (χ4v) is 3.73. The summed E-state index contributed by atoms with van der Waals surface area (Å²) in [5.41, 5.74) is 5.46. The van der Waals surface area contributed by atoms with Crippen molar-refractivity contribution in [2.75, 3.05) is 13.1 Å². The molecule has 1 aliphatic heterocycles. The molecule has 2 aromatic carbocycles. The Kier molecular flexibility index (Phi) is 4.57. The summed E-state index contributed by atoms with van der Waals surface area (Å²) in [7, 11) is 0. The molecule has 132 valence electrons. The minimum Gasteiger partial charge on any atom is -0.338 e. The van der Waals surface area contributed by atoms with Crippen LogP contribution in [0.3, 0.4) is 0 Å². The molecule has 3 aromatic rings. The summed E-state index contributed by atoms with van der Waals surface area (Å²) >= 11 is 0. The van der Waals surface area contributed by atoms with E-state index in [1.165, 1.54) is 11.1 Å². The number of carbonyl (C=O) groups is 1. The third kappa shape index (κ3) is 3.27. The van der Waals surface area contributed by atoms with Gasteiger partial charge in [-0.2, -0.15) is 5.10 Å². The zero-order valence-corrected chi connectivity index (χ0v) is 15.0. The van der Waals surface area contributed by atoms with Crippen LogP contribution >= 0.6 is 0 Å². The largest absolute Gasteiger partial charge is 0.338 e. The molecule has 4 nitrogen and oxygen atoms in total. The third-order valence-electron chi connectivity index (χ3n) is 5.17. The first-order valence-electron chi connectivity index (χ1n) is 9.17. The van der Waals surface area contributed by atoms with E-state index < -0.39 is 0 Å². The van der Waals surface area contributed by atoms with E-state index in [0.29, 0.717) is 0 Å². The number of hydrogen-bond donors (Lipinski definition) is 1. The molecule has 0 spiro atoms. The number of hydrogen-bond acceptors (Lipinski definition) is 2. The molecular weight excluding hydrogens is 322 g/mol. The van der Waals surface area contributed by atoms with Crippen molar-refractivity contribution in [3.05, 3.63) is 77.6 Å². The Morgan fingerprint density at radius 3 is 2.65 bits per heavy atom. The van der Waals surface area contributed by atoms with Gasteiger partial charge in [0.1, 0.15) is 0 Å². The van der Waals surface area contributed by atoms with Crippen LogP contribution in [0.1, 0.15) is 40.4 Å². The molecule has 1 aromatic heterocycles. The molecule has 1 N–H and O–H groups in total. The number of aromatic amines is 1. The van der Waals surface area contributed by atoms with Gasteiger partial charge in [0.05, 0.1) is 6.20 Å². The molecule has 2 heterocycles. The van der Waals surface area contributed by atoms with Gasteiger partial charge in [-0.05, 0) is 37.5 Å². The van der Waals surface area contributed by atoms with E-state index in [9.17, 15) is 4.79 Å². The zero-order chi connectivity index (χ0) is 17.9. The summed E-state index contributed by atoms with van der Waals surface area (Å²) in [6.45, 7) is 3.64. The van der Waals surface area contributed by atoms with Crippen LogP contribution in [0.2, 0.25) is 0 Å². The molecule has 1 atom stereocenters. The van der Waals surface area contributed by atoms with Gasteiger partial charge in [-0.15, -0.1) is 0 Å². The second-order valence-corrected chi connectivity index (χ2v) is 7.02. The highest BCUT2D eigenvalue weighted by Crippen LogP contribution is 2.33. The molecule has 0 aliphatic carbocycles. The predicted molar refractivity (Wildman–Crippen MR) is 103 cm³/mol. The predicted octanol–water partition coefficient (Wildman–Crippen LogP) is 4.40. The number of H-pyrrole nitrogens is 1. The number of benzene rings is 2. The molecule has 0 radical (unpaired) electrons. The van der Waals surface area contributed by atoms with Gasteiger partial charge in [-0.1, -0.05) is 48.0 Å². The zero-order valence-electron chi connectivity index (χ0n) is 15.0. The van der Waals surface area contributed by atoms with Crippen LogP contribution in [-0.2, 0) is 0 Å². The Labute approximate surface area is 153 Å². The van der Waals surface area contributed by atoms with Gasteiger partial charge in [0.25, 0.3) is 5.91 Å². The molecule has 26 heavy (non-hydrogen) atoms. The van der Waals surface area contributed by atoms with Crippen molar-refractivity contribution in [3.8, 4) is 11.1 Å². The van der Waals surface area contributed by atoms with Crippen LogP contribution in [0.5, 0.6) is 0 Å². The normalized spacial score (nSPS) is 17.3. The number of aryl methyl sites for hydroxylation is 1. The summed E-state index contributed by atoms with van der Waals surface area (Å²) in [6, 6.07) is 18.1. The Hall–Kier alpha value is -2.88. The lowest BCUT2D eigenvalue weighted by Gasteiger charge is -2.33. The van der Waals surface area contributed by atoms with E-state index in [-0.39, 0.29) is 11.8 Å². The fourth-order valence-electron chi connectivity index (χ4n) is 3.73. The third-order valence-corrected chi connectivity index (χ3v) is 5.17. The van der Waals surface area contributed by atoms with Crippen molar-refractivity contribution in [3.63, 3.8) is 0 Å². The quantitative estimate of drug-likeness (QED) is 0.764. The highest BCUT2D eigenvalue weighted by Gasteiger charge is 2.28. The standard InChI is InChI=1S/C22H23N3O/c1-16-9-11-17(12-10-16)20-14-23-24-21(20)19-8-5-13-25(15-19)22(26)18-6-3-2-4-7-18/h2-4,6-7,9-12,14,19H,5,8,13,15H2,1H3,(H,23,24)/t19-/m0/s1. The summed E-state index contributed by atoms with van der Waals surface area (Å²) in [5.74, 6) is 0.405. The summed E-state index contributed by atoms with van der Waals surface area (Å²) < 4.78 is 0.